The molecule has 1 aliphatic carbocycles. The van der Waals surface area contributed by atoms with Crippen LogP contribution in [0.4, 0.5) is 4.39 Å². The molecule has 0 aromatic heterocycles. The second kappa shape index (κ2) is 12.3. The van der Waals surface area contributed by atoms with Gasteiger partial charge in [0.1, 0.15) is 11.6 Å². The summed E-state index contributed by atoms with van der Waals surface area (Å²) >= 11 is 0. The molecule has 0 heterocycles. The molecule has 0 radical (unpaired) electrons. The van der Waals surface area contributed by atoms with E-state index in [0.717, 1.165) is 29.5 Å². The van der Waals surface area contributed by atoms with Gasteiger partial charge in [-0.05, 0) is 55.4 Å². The Morgan fingerprint density at radius 3 is 2.18 bits per heavy atom. The Hall–Kier alpha value is -0.115. The molecule has 1 fully saturated rings. The average molecular weight is 382 g/mol. The van der Waals surface area contributed by atoms with Gasteiger partial charge in [0.15, 0.2) is 0 Å². The van der Waals surface area contributed by atoms with Crippen molar-refractivity contribution in [3.05, 3.63) is 49.5 Å². The van der Waals surface area contributed by atoms with E-state index in [1.54, 1.807) is 13.0 Å². The van der Waals surface area contributed by atoms with Gasteiger partial charge in [-0.25, -0.2) is 4.39 Å². The monoisotopic (exact) mass is 382 g/mol. The van der Waals surface area contributed by atoms with Gasteiger partial charge >= 0.3 is 0 Å². The van der Waals surface area contributed by atoms with Crippen molar-refractivity contribution in [3.8, 4) is 0 Å². The van der Waals surface area contributed by atoms with E-state index < -0.39 is 0 Å². The minimum atomic E-state index is -0.136. The van der Waals surface area contributed by atoms with E-state index in [2.05, 4.69) is 0 Å². The van der Waals surface area contributed by atoms with Crippen LogP contribution in [-0.4, -0.2) is 5.78 Å². The Bertz CT molecular complexity index is 455. The molecule has 0 atom stereocenters. The first-order chi connectivity index (χ1) is 8.59. The molecule has 0 saturated heterocycles. The average Bonchev–Trinajstić information content (AvgIpc) is 2.35. The van der Waals surface area contributed by atoms with Gasteiger partial charge in [-0.2, -0.15) is 0 Å². The van der Waals surface area contributed by atoms with Crippen molar-refractivity contribution in [2.24, 2.45) is 0 Å². The van der Waals surface area contributed by atoms with Crippen LogP contribution >= 0.6 is 0 Å². The summed E-state index contributed by atoms with van der Waals surface area (Å²) in [5.74, 6) is 0.463. The topological polar surface area (TPSA) is 17.1 Å². The SMILES string of the molecule is CC(=O)Cc1ccc(F)c(C)c1C1CCCCC1.[CH3-].[CH3-].[Cr].[Cr]. The van der Waals surface area contributed by atoms with Crippen LogP contribution in [0.25, 0.3) is 0 Å². The quantitative estimate of drug-likeness (QED) is 0.656. The first-order valence-corrected chi connectivity index (χ1v) is 6.87. The predicted octanol–water partition coefficient (Wildman–Crippen LogP) is 5.21. The first-order valence-electron chi connectivity index (χ1n) is 6.87. The Kier molecular flexibility index (Phi) is 15.0. The van der Waals surface area contributed by atoms with Crippen LogP contribution in [0.2, 0.25) is 0 Å². The Balaban J connectivity index is -0.000000902. The summed E-state index contributed by atoms with van der Waals surface area (Å²) in [6.07, 6.45) is 6.44. The van der Waals surface area contributed by atoms with Gasteiger partial charge in [0.05, 0.1) is 0 Å². The fraction of sp³-hybridized carbons (Fsp3) is 0.500. The smallest absolute Gasteiger partial charge is 0.134 e. The van der Waals surface area contributed by atoms with Gasteiger partial charge < -0.3 is 14.9 Å². The van der Waals surface area contributed by atoms with Gasteiger partial charge in [-0.1, -0.05) is 25.3 Å². The van der Waals surface area contributed by atoms with Crippen LogP contribution in [-0.2, 0) is 45.9 Å². The maximum Gasteiger partial charge on any atom is 0.134 e. The van der Waals surface area contributed by atoms with Crippen molar-refractivity contribution >= 4 is 5.78 Å². The zero-order valence-corrected chi connectivity index (χ0v) is 16.6. The Labute approximate surface area is 157 Å². The summed E-state index contributed by atoms with van der Waals surface area (Å²) < 4.78 is 13.8. The third kappa shape index (κ3) is 6.56. The molecule has 22 heavy (non-hydrogen) atoms. The Morgan fingerprint density at radius 1 is 1.14 bits per heavy atom. The molecule has 0 amide bonds. The standard InChI is InChI=1S/C16H21FO.2CH3.2Cr/c1-11(18)10-14-8-9-15(17)12(2)16(14)13-6-4-3-5-7-13;;;;/h8-9,13H,3-7,10H2,1-2H3;2*1H3;;/q;2*-1;;. The summed E-state index contributed by atoms with van der Waals surface area (Å²) in [5, 5.41) is 0. The van der Waals surface area contributed by atoms with Crippen LogP contribution in [0.3, 0.4) is 0 Å². The number of rotatable bonds is 3. The minimum Gasteiger partial charge on any atom is -0.358 e. The molecular formula is C18H27Cr2FO-2. The molecule has 0 spiro atoms. The molecule has 0 N–H and O–H groups in total. The van der Waals surface area contributed by atoms with Crippen LogP contribution < -0.4 is 0 Å². The molecule has 0 bridgehead atoms. The van der Waals surface area contributed by atoms with Crippen molar-refractivity contribution in [1.29, 1.82) is 0 Å². The summed E-state index contributed by atoms with van der Waals surface area (Å²) in [6.45, 7) is 3.45. The Morgan fingerprint density at radius 2 is 1.68 bits per heavy atom. The van der Waals surface area contributed by atoms with Gasteiger partial charge in [-0.3, -0.25) is 4.79 Å². The normalized spacial score (nSPS) is 13.8. The second-order valence-electron chi connectivity index (χ2n) is 5.46. The van der Waals surface area contributed by atoms with E-state index in [9.17, 15) is 9.18 Å². The maximum atomic E-state index is 13.8. The van der Waals surface area contributed by atoms with E-state index >= 15 is 0 Å². The molecule has 0 aliphatic heterocycles. The van der Waals surface area contributed by atoms with Crippen molar-refractivity contribution in [1.82, 2.24) is 0 Å². The third-order valence-electron chi connectivity index (χ3n) is 3.99. The largest absolute Gasteiger partial charge is 0.358 e. The minimum absolute atomic E-state index is 0. The fourth-order valence-electron chi connectivity index (χ4n) is 3.14. The fourth-order valence-corrected chi connectivity index (χ4v) is 3.14. The number of carbonyl (C=O) groups excluding carboxylic acids is 1. The first kappa shape index (κ1) is 26.8. The van der Waals surface area contributed by atoms with Gasteiger partial charge in [0, 0.05) is 41.1 Å². The zero-order valence-electron chi connectivity index (χ0n) is 14.1. The van der Waals surface area contributed by atoms with Gasteiger partial charge in [-0.15, -0.1) is 0 Å². The molecule has 2 rings (SSSR count). The number of benzene rings is 1. The number of Topliss-reactive ketones (excluding diaryl/α,β-unsaturated/α-hetero) is 1. The van der Waals surface area contributed by atoms with Crippen molar-refractivity contribution in [3.63, 3.8) is 0 Å². The van der Waals surface area contributed by atoms with Crippen LogP contribution in [0, 0.1) is 27.6 Å². The molecule has 1 aromatic rings. The zero-order chi connectivity index (χ0) is 13.1. The number of carbonyl (C=O) groups is 1. The van der Waals surface area contributed by atoms with Gasteiger partial charge in [0.2, 0.25) is 0 Å². The summed E-state index contributed by atoms with van der Waals surface area (Å²) in [6, 6.07) is 3.30. The third-order valence-corrected chi connectivity index (χ3v) is 3.99. The molecule has 4 heteroatoms. The van der Waals surface area contributed by atoms with E-state index in [4.69, 9.17) is 0 Å². The maximum absolute atomic E-state index is 13.8. The summed E-state index contributed by atoms with van der Waals surface area (Å²) in [4.78, 5) is 11.4. The number of hydrogen-bond donors (Lipinski definition) is 0. The predicted molar refractivity (Wildman–Crippen MR) is 84.2 cm³/mol. The van der Waals surface area contributed by atoms with E-state index in [-0.39, 0.29) is 61.2 Å². The number of hydrogen-bond acceptors (Lipinski definition) is 1. The van der Waals surface area contributed by atoms with Crippen LogP contribution in [0.1, 0.15) is 61.6 Å². The summed E-state index contributed by atoms with van der Waals surface area (Å²) in [7, 11) is 0. The molecule has 0 unspecified atom stereocenters. The van der Waals surface area contributed by atoms with E-state index in [0.29, 0.717) is 12.3 Å². The van der Waals surface area contributed by atoms with Crippen LogP contribution in [0.5, 0.6) is 0 Å². The molecule has 1 aliphatic rings. The second-order valence-corrected chi connectivity index (χ2v) is 5.46. The van der Waals surface area contributed by atoms with Crippen molar-refractivity contribution in [2.75, 3.05) is 0 Å². The van der Waals surface area contributed by atoms with E-state index in [1.165, 1.54) is 25.3 Å². The van der Waals surface area contributed by atoms with Gasteiger partial charge in [0.25, 0.3) is 0 Å². The molecule has 1 aromatic carbocycles. The summed E-state index contributed by atoms with van der Waals surface area (Å²) in [5.41, 5.74) is 2.90. The number of halogens is 1. The van der Waals surface area contributed by atoms with Crippen LogP contribution in [0.15, 0.2) is 12.1 Å². The molecular weight excluding hydrogens is 355 g/mol. The van der Waals surface area contributed by atoms with Crippen molar-refractivity contribution < 1.29 is 43.9 Å². The number of ketones is 1. The molecule has 1 nitrogen and oxygen atoms in total. The van der Waals surface area contributed by atoms with Crippen molar-refractivity contribution in [2.45, 2.75) is 58.3 Å². The molecule has 126 valence electrons. The van der Waals surface area contributed by atoms with E-state index in [1.807, 2.05) is 6.92 Å². The molecule has 1 saturated carbocycles.